The maximum atomic E-state index is 11.9. The fourth-order valence-corrected chi connectivity index (χ4v) is 3.89. The largest absolute Gasteiger partial charge is 0.381 e. The molecule has 0 saturated carbocycles. The SMILES string of the molecule is CN(C)C(=O)CN=C(NCC1CCCO1)N1CCC2(CCOCC2)C1. The van der Waals surface area contributed by atoms with E-state index in [1.54, 1.807) is 19.0 Å². The number of guanidine groups is 1. The topological polar surface area (TPSA) is 66.4 Å². The Morgan fingerprint density at radius 1 is 1.28 bits per heavy atom. The maximum absolute atomic E-state index is 11.9. The fourth-order valence-electron chi connectivity index (χ4n) is 3.89. The van der Waals surface area contributed by atoms with E-state index >= 15 is 0 Å². The van der Waals surface area contributed by atoms with Crippen molar-refractivity contribution in [3.05, 3.63) is 0 Å². The first kappa shape index (κ1) is 18.5. The molecule has 0 bridgehead atoms. The molecular formula is C18H32N4O3. The molecule has 0 aromatic carbocycles. The van der Waals surface area contributed by atoms with Crippen molar-refractivity contribution in [2.75, 3.05) is 60.1 Å². The van der Waals surface area contributed by atoms with E-state index in [2.05, 4.69) is 15.2 Å². The van der Waals surface area contributed by atoms with Gasteiger partial charge in [-0.2, -0.15) is 0 Å². The standard InChI is InChI=1S/C18H32N4O3/c1-21(2)16(23)13-20-17(19-12-15-4-3-9-25-15)22-8-5-18(14-22)6-10-24-11-7-18/h15H,3-14H2,1-2H3,(H,19,20). The number of amides is 1. The molecule has 142 valence electrons. The van der Waals surface area contributed by atoms with E-state index in [1.807, 2.05) is 0 Å². The van der Waals surface area contributed by atoms with E-state index in [9.17, 15) is 4.79 Å². The Bertz CT molecular complexity index is 483. The highest BCUT2D eigenvalue weighted by atomic mass is 16.5. The molecule has 0 aromatic rings. The van der Waals surface area contributed by atoms with E-state index in [1.165, 1.54) is 6.42 Å². The Balaban J connectivity index is 1.62. The number of likely N-dealkylation sites (tertiary alicyclic amines) is 1. The Labute approximate surface area is 150 Å². The number of carbonyl (C=O) groups excluding carboxylic acids is 1. The summed E-state index contributed by atoms with van der Waals surface area (Å²) in [5.74, 6) is 0.880. The first-order valence-corrected chi connectivity index (χ1v) is 9.51. The molecule has 0 aliphatic carbocycles. The number of nitrogens with zero attached hydrogens (tertiary/aromatic N) is 3. The molecule has 3 aliphatic heterocycles. The van der Waals surface area contributed by atoms with Crippen LogP contribution in [0.25, 0.3) is 0 Å². The predicted octanol–water partition coefficient (Wildman–Crippen LogP) is 0.702. The Kier molecular flexibility index (Phi) is 6.17. The average molecular weight is 352 g/mol. The summed E-state index contributed by atoms with van der Waals surface area (Å²) >= 11 is 0. The van der Waals surface area contributed by atoms with Crippen LogP contribution in [0.3, 0.4) is 0 Å². The zero-order chi connectivity index (χ0) is 17.7. The summed E-state index contributed by atoms with van der Waals surface area (Å²) in [4.78, 5) is 20.5. The molecule has 1 amide bonds. The number of nitrogens with one attached hydrogen (secondary N) is 1. The number of hydrogen-bond acceptors (Lipinski definition) is 4. The third-order valence-electron chi connectivity index (χ3n) is 5.67. The van der Waals surface area contributed by atoms with Gasteiger partial charge in [-0.3, -0.25) is 4.79 Å². The molecule has 1 unspecified atom stereocenters. The Morgan fingerprint density at radius 2 is 2.08 bits per heavy atom. The van der Waals surface area contributed by atoms with Gasteiger partial charge >= 0.3 is 0 Å². The monoisotopic (exact) mass is 352 g/mol. The van der Waals surface area contributed by atoms with Crippen molar-refractivity contribution in [1.29, 1.82) is 0 Å². The van der Waals surface area contributed by atoms with Gasteiger partial charge in [-0.15, -0.1) is 0 Å². The number of carbonyl (C=O) groups is 1. The first-order valence-electron chi connectivity index (χ1n) is 9.51. The molecule has 0 aromatic heterocycles. The summed E-state index contributed by atoms with van der Waals surface area (Å²) in [5, 5.41) is 3.47. The van der Waals surface area contributed by atoms with Crippen LogP contribution in [0.2, 0.25) is 0 Å². The van der Waals surface area contributed by atoms with E-state index in [0.29, 0.717) is 5.41 Å². The fraction of sp³-hybridized carbons (Fsp3) is 0.889. The van der Waals surface area contributed by atoms with Gasteiger partial charge in [-0.25, -0.2) is 4.99 Å². The van der Waals surface area contributed by atoms with Gasteiger partial charge in [-0.05, 0) is 37.5 Å². The minimum absolute atomic E-state index is 0.0244. The summed E-state index contributed by atoms with van der Waals surface area (Å²) in [7, 11) is 3.54. The van der Waals surface area contributed by atoms with Crippen LogP contribution in [0.5, 0.6) is 0 Å². The molecule has 0 radical (unpaired) electrons. The lowest BCUT2D eigenvalue weighted by Gasteiger charge is -2.33. The number of ether oxygens (including phenoxy) is 2. The second-order valence-corrected chi connectivity index (χ2v) is 7.73. The smallest absolute Gasteiger partial charge is 0.243 e. The highest BCUT2D eigenvalue weighted by Crippen LogP contribution is 2.39. The zero-order valence-corrected chi connectivity index (χ0v) is 15.6. The highest BCUT2D eigenvalue weighted by molar-refractivity contribution is 5.85. The summed E-state index contributed by atoms with van der Waals surface area (Å²) < 4.78 is 11.3. The lowest BCUT2D eigenvalue weighted by Crippen LogP contribution is -2.45. The van der Waals surface area contributed by atoms with E-state index in [0.717, 1.165) is 71.1 Å². The molecule has 7 heteroatoms. The molecule has 1 N–H and O–H groups in total. The van der Waals surface area contributed by atoms with Gasteiger partial charge in [0.2, 0.25) is 5.91 Å². The van der Waals surface area contributed by atoms with Crippen LogP contribution in [-0.4, -0.2) is 87.9 Å². The average Bonchev–Trinajstić information content (AvgIpc) is 3.26. The molecule has 3 fully saturated rings. The molecule has 1 atom stereocenters. The van der Waals surface area contributed by atoms with Crippen LogP contribution in [0, 0.1) is 5.41 Å². The second kappa shape index (κ2) is 8.36. The van der Waals surface area contributed by atoms with Crippen LogP contribution in [0.1, 0.15) is 32.1 Å². The van der Waals surface area contributed by atoms with E-state index in [-0.39, 0.29) is 18.6 Å². The molecule has 1 spiro atoms. The highest BCUT2D eigenvalue weighted by Gasteiger charge is 2.40. The van der Waals surface area contributed by atoms with Gasteiger partial charge in [0.15, 0.2) is 5.96 Å². The summed E-state index contributed by atoms with van der Waals surface area (Å²) in [6.45, 7) is 5.53. The Hall–Kier alpha value is -1.34. The summed E-state index contributed by atoms with van der Waals surface area (Å²) in [6, 6.07) is 0. The van der Waals surface area contributed by atoms with Crippen molar-refractivity contribution in [3.8, 4) is 0 Å². The van der Waals surface area contributed by atoms with Crippen LogP contribution in [0.15, 0.2) is 4.99 Å². The number of rotatable bonds is 4. The lowest BCUT2D eigenvalue weighted by molar-refractivity contribution is -0.127. The first-order chi connectivity index (χ1) is 12.1. The van der Waals surface area contributed by atoms with Crippen molar-refractivity contribution in [3.63, 3.8) is 0 Å². The van der Waals surface area contributed by atoms with Crippen molar-refractivity contribution in [2.24, 2.45) is 10.4 Å². The molecular weight excluding hydrogens is 320 g/mol. The summed E-state index contributed by atoms with van der Waals surface area (Å²) in [6.07, 6.45) is 5.91. The third-order valence-corrected chi connectivity index (χ3v) is 5.67. The molecule has 3 heterocycles. The van der Waals surface area contributed by atoms with Gasteiger partial charge < -0.3 is 24.6 Å². The van der Waals surface area contributed by atoms with Crippen LogP contribution < -0.4 is 5.32 Å². The molecule has 25 heavy (non-hydrogen) atoms. The lowest BCUT2D eigenvalue weighted by atomic mass is 9.80. The van der Waals surface area contributed by atoms with Crippen molar-refractivity contribution >= 4 is 11.9 Å². The normalized spacial score (nSPS) is 26.2. The van der Waals surface area contributed by atoms with Crippen molar-refractivity contribution in [1.82, 2.24) is 15.1 Å². The van der Waals surface area contributed by atoms with Gasteiger partial charge in [0.05, 0.1) is 6.10 Å². The molecule has 3 aliphatic rings. The van der Waals surface area contributed by atoms with Gasteiger partial charge in [0.1, 0.15) is 6.54 Å². The van der Waals surface area contributed by atoms with Gasteiger partial charge in [0.25, 0.3) is 0 Å². The van der Waals surface area contributed by atoms with Crippen molar-refractivity contribution in [2.45, 2.75) is 38.2 Å². The summed E-state index contributed by atoms with van der Waals surface area (Å²) in [5.41, 5.74) is 0.357. The van der Waals surface area contributed by atoms with E-state index in [4.69, 9.17) is 9.47 Å². The van der Waals surface area contributed by atoms with Crippen molar-refractivity contribution < 1.29 is 14.3 Å². The third kappa shape index (κ3) is 4.85. The van der Waals surface area contributed by atoms with Crippen LogP contribution in [-0.2, 0) is 14.3 Å². The van der Waals surface area contributed by atoms with Crippen LogP contribution >= 0.6 is 0 Å². The molecule has 3 saturated heterocycles. The maximum Gasteiger partial charge on any atom is 0.243 e. The second-order valence-electron chi connectivity index (χ2n) is 7.73. The van der Waals surface area contributed by atoms with Crippen LogP contribution in [0.4, 0.5) is 0 Å². The molecule has 7 nitrogen and oxygen atoms in total. The Morgan fingerprint density at radius 3 is 2.76 bits per heavy atom. The minimum Gasteiger partial charge on any atom is -0.381 e. The predicted molar refractivity (Wildman–Crippen MR) is 96.6 cm³/mol. The van der Waals surface area contributed by atoms with Gasteiger partial charge in [-0.1, -0.05) is 0 Å². The number of aliphatic imine (C=N–C) groups is 1. The van der Waals surface area contributed by atoms with E-state index < -0.39 is 0 Å². The number of hydrogen-bond donors (Lipinski definition) is 1. The quantitative estimate of drug-likeness (QED) is 0.596. The number of likely N-dealkylation sites (N-methyl/N-ethyl adjacent to an activating group) is 1. The van der Waals surface area contributed by atoms with Gasteiger partial charge in [0, 0.05) is 53.6 Å². The zero-order valence-electron chi connectivity index (χ0n) is 15.6. The molecule has 3 rings (SSSR count). The minimum atomic E-state index is 0.0244.